The zero-order valence-electron chi connectivity index (χ0n) is 11.5. The second-order valence-electron chi connectivity index (χ2n) is 5.06. The van der Waals surface area contributed by atoms with Crippen LogP contribution in [0.25, 0.3) is 0 Å². The number of esters is 1. The fraction of sp³-hybridized carbons (Fsp3) is 0.643. The molecule has 0 radical (unpaired) electrons. The van der Waals surface area contributed by atoms with Gasteiger partial charge in [-0.3, -0.25) is 4.90 Å². The molecule has 1 saturated heterocycles. The third-order valence-electron chi connectivity index (χ3n) is 3.78. The number of ether oxygens (including phenoxy) is 1. The topological polar surface area (TPSA) is 62.9 Å². The van der Waals surface area contributed by atoms with E-state index in [0.717, 1.165) is 31.7 Å². The molecule has 1 aliphatic heterocycles. The summed E-state index contributed by atoms with van der Waals surface area (Å²) in [5, 5.41) is 9.26. The van der Waals surface area contributed by atoms with E-state index in [-0.39, 0.29) is 18.4 Å². The van der Waals surface area contributed by atoms with Crippen molar-refractivity contribution in [2.45, 2.75) is 25.8 Å². The van der Waals surface area contributed by atoms with Crippen molar-refractivity contribution in [3.05, 3.63) is 23.7 Å². The van der Waals surface area contributed by atoms with Crippen molar-refractivity contribution in [2.24, 2.45) is 5.92 Å². The van der Waals surface area contributed by atoms with E-state index in [2.05, 4.69) is 16.6 Å². The van der Waals surface area contributed by atoms with Crippen molar-refractivity contribution >= 4 is 5.97 Å². The van der Waals surface area contributed by atoms with E-state index in [1.807, 2.05) is 6.07 Å². The summed E-state index contributed by atoms with van der Waals surface area (Å²) < 4.78 is 10.2. The number of carbonyl (C=O) groups excluding carboxylic acids is 1. The molecule has 1 N–H and O–H groups in total. The molecule has 2 atom stereocenters. The molecule has 0 amide bonds. The largest absolute Gasteiger partial charge is 0.463 e. The Kier molecular flexibility index (Phi) is 4.61. The van der Waals surface area contributed by atoms with E-state index in [1.165, 1.54) is 7.11 Å². The van der Waals surface area contributed by atoms with Gasteiger partial charge >= 0.3 is 5.97 Å². The zero-order valence-corrected chi connectivity index (χ0v) is 11.5. The first-order valence-electron chi connectivity index (χ1n) is 6.68. The monoisotopic (exact) mass is 267 g/mol. The summed E-state index contributed by atoms with van der Waals surface area (Å²) in [6, 6.07) is 3.57. The molecule has 19 heavy (non-hydrogen) atoms. The average molecular weight is 267 g/mol. The summed E-state index contributed by atoms with van der Waals surface area (Å²) in [6.07, 6.45) is 2.16. The van der Waals surface area contributed by atoms with Crippen LogP contribution < -0.4 is 0 Å². The summed E-state index contributed by atoms with van der Waals surface area (Å²) in [5.74, 6) is 0.885. The summed E-state index contributed by atoms with van der Waals surface area (Å²) in [4.78, 5) is 13.6. The SMILES string of the molecule is COC(=O)c1ccc(C(C)N2CCCC(CO)C2)o1. The minimum Gasteiger partial charge on any atom is -0.463 e. The van der Waals surface area contributed by atoms with Crippen molar-refractivity contribution < 1.29 is 19.1 Å². The Bertz CT molecular complexity index is 429. The zero-order chi connectivity index (χ0) is 13.8. The summed E-state index contributed by atoms with van der Waals surface area (Å²) >= 11 is 0. The van der Waals surface area contributed by atoms with Crippen molar-refractivity contribution in [1.82, 2.24) is 4.90 Å². The maximum Gasteiger partial charge on any atom is 0.373 e. The number of likely N-dealkylation sites (tertiary alicyclic amines) is 1. The van der Waals surface area contributed by atoms with Gasteiger partial charge in [0.25, 0.3) is 0 Å². The Labute approximate surface area is 113 Å². The Morgan fingerprint density at radius 3 is 3.11 bits per heavy atom. The highest BCUT2D eigenvalue weighted by molar-refractivity contribution is 5.86. The van der Waals surface area contributed by atoms with Crippen molar-refractivity contribution in [3.63, 3.8) is 0 Å². The number of aliphatic hydroxyl groups is 1. The van der Waals surface area contributed by atoms with Gasteiger partial charge in [-0.25, -0.2) is 4.79 Å². The Balaban J connectivity index is 2.04. The highest BCUT2D eigenvalue weighted by Crippen LogP contribution is 2.27. The predicted octanol–water partition coefficient (Wildman–Crippen LogP) is 1.83. The molecular weight excluding hydrogens is 246 g/mol. The summed E-state index contributed by atoms with van der Waals surface area (Å²) in [5.41, 5.74) is 0. The lowest BCUT2D eigenvalue weighted by Gasteiger charge is -2.35. The molecule has 106 valence electrons. The van der Waals surface area contributed by atoms with Crippen LogP contribution in [0, 0.1) is 5.92 Å². The maximum atomic E-state index is 11.4. The number of furan rings is 1. The van der Waals surface area contributed by atoms with Gasteiger partial charge in [0.2, 0.25) is 5.76 Å². The van der Waals surface area contributed by atoms with Gasteiger partial charge < -0.3 is 14.3 Å². The molecule has 1 aliphatic rings. The normalized spacial score (nSPS) is 22.2. The summed E-state index contributed by atoms with van der Waals surface area (Å²) in [7, 11) is 1.34. The van der Waals surface area contributed by atoms with Crippen LogP contribution in [0.3, 0.4) is 0 Å². The quantitative estimate of drug-likeness (QED) is 0.843. The molecule has 0 saturated carbocycles. The fourth-order valence-electron chi connectivity index (χ4n) is 2.57. The molecule has 0 aliphatic carbocycles. The molecule has 5 heteroatoms. The van der Waals surface area contributed by atoms with Crippen LogP contribution >= 0.6 is 0 Å². The van der Waals surface area contributed by atoms with Crippen LogP contribution in [0.1, 0.15) is 42.1 Å². The molecule has 0 bridgehead atoms. The van der Waals surface area contributed by atoms with Gasteiger partial charge in [-0.1, -0.05) is 0 Å². The lowest BCUT2D eigenvalue weighted by Crippen LogP contribution is -2.38. The van der Waals surface area contributed by atoms with Crippen LogP contribution in [0.2, 0.25) is 0 Å². The lowest BCUT2D eigenvalue weighted by atomic mass is 9.97. The van der Waals surface area contributed by atoms with E-state index in [4.69, 9.17) is 4.42 Å². The molecule has 1 aromatic heterocycles. The van der Waals surface area contributed by atoms with E-state index in [9.17, 15) is 9.90 Å². The molecule has 2 heterocycles. The first-order chi connectivity index (χ1) is 9.15. The number of carbonyl (C=O) groups is 1. The number of aliphatic hydroxyl groups excluding tert-OH is 1. The van der Waals surface area contributed by atoms with Gasteiger partial charge in [0.1, 0.15) is 5.76 Å². The van der Waals surface area contributed by atoms with E-state index >= 15 is 0 Å². The smallest absolute Gasteiger partial charge is 0.373 e. The molecular formula is C14H21NO4. The van der Waals surface area contributed by atoms with Crippen molar-refractivity contribution in [3.8, 4) is 0 Å². The highest BCUT2D eigenvalue weighted by atomic mass is 16.5. The van der Waals surface area contributed by atoms with Gasteiger partial charge in [-0.2, -0.15) is 0 Å². The number of piperidine rings is 1. The van der Waals surface area contributed by atoms with Gasteiger partial charge in [-0.15, -0.1) is 0 Å². The average Bonchev–Trinajstić information content (AvgIpc) is 2.95. The molecule has 5 nitrogen and oxygen atoms in total. The van der Waals surface area contributed by atoms with Crippen molar-refractivity contribution in [1.29, 1.82) is 0 Å². The third kappa shape index (κ3) is 3.16. The number of hydrogen-bond donors (Lipinski definition) is 1. The standard InChI is InChI=1S/C14H21NO4/c1-10(15-7-3-4-11(8-15)9-16)12-5-6-13(19-12)14(17)18-2/h5-6,10-11,16H,3-4,7-9H2,1-2H3. The molecule has 2 rings (SSSR count). The van der Waals surface area contributed by atoms with Gasteiger partial charge in [0.05, 0.1) is 13.2 Å². The maximum absolute atomic E-state index is 11.4. The number of methoxy groups -OCH3 is 1. The van der Waals surface area contributed by atoms with E-state index in [0.29, 0.717) is 5.92 Å². The van der Waals surface area contributed by atoms with Crippen LogP contribution in [0.4, 0.5) is 0 Å². The second-order valence-corrected chi connectivity index (χ2v) is 5.06. The lowest BCUT2D eigenvalue weighted by molar-refractivity contribution is 0.0551. The first kappa shape index (κ1) is 14.1. The van der Waals surface area contributed by atoms with E-state index in [1.54, 1.807) is 6.07 Å². The van der Waals surface area contributed by atoms with Crippen LogP contribution in [-0.4, -0.2) is 42.8 Å². The Morgan fingerprint density at radius 2 is 2.42 bits per heavy atom. The van der Waals surface area contributed by atoms with Crippen molar-refractivity contribution in [2.75, 3.05) is 26.8 Å². The van der Waals surface area contributed by atoms with Crippen LogP contribution in [0.5, 0.6) is 0 Å². The molecule has 2 unspecified atom stereocenters. The number of rotatable bonds is 4. The molecule has 0 spiro atoms. The number of hydrogen-bond acceptors (Lipinski definition) is 5. The van der Waals surface area contributed by atoms with Crippen LogP contribution in [-0.2, 0) is 4.74 Å². The summed E-state index contributed by atoms with van der Waals surface area (Å²) in [6.45, 7) is 4.15. The van der Waals surface area contributed by atoms with Gasteiger partial charge in [-0.05, 0) is 44.4 Å². The second kappa shape index (κ2) is 6.21. The minimum absolute atomic E-state index is 0.104. The first-order valence-corrected chi connectivity index (χ1v) is 6.68. The molecule has 0 aromatic carbocycles. The van der Waals surface area contributed by atoms with Gasteiger partial charge in [0, 0.05) is 13.2 Å². The molecule has 1 aromatic rings. The highest BCUT2D eigenvalue weighted by Gasteiger charge is 2.26. The Morgan fingerprint density at radius 1 is 1.63 bits per heavy atom. The molecule has 1 fully saturated rings. The Hall–Kier alpha value is -1.33. The minimum atomic E-state index is -0.453. The predicted molar refractivity (Wildman–Crippen MR) is 69.8 cm³/mol. The van der Waals surface area contributed by atoms with Gasteiger partial charge in [0.15, 0.2) is 0 Å². The third-order valence-corrected chi connectivity index (χ3v) is 3.78. The fourth-order valence-corrected chi connectivity index (χ4v) is 2.57. The number of nitrogens with zero attached hydrogens (tertiary/aromatic N) is 1. The van der Waals surface area contributed by atoms with Crippen LogP contribution in [0.15, 0.2) is 16.5 Å². The van der Waals surface area contributed by atoms with E-state index < -0.39 is 5.97 Å².